The molecule has 26 heavy (non-hydrogen) atoms. The molecule has 6 heteroatoms. The fourth-order valence-electron chi connectivity index (χ4n) is 3.05. The lowest BCUT2D eigenvalue weighted by Crippen LogP contribution is -2.40. The average molecular weight is 353 g/mol. The monoisotopic (exact) mass is 353 g/mol. The quantitative estimate of drug-likeness (QED) is 0.839. The summed E-state index contributed by atoms with van der Waals surface area (Å²) in [5.41, 5.74) is 1.85. The van der Waals surface area contributed by atoms with Crippen molar-refractivity contribution in [2.45, 2.75) is 18.9 Å². The van der Waals surface area contributed by atoms with Crippen molar-refractivity contribution in [2.75, 3.05) is 25.5 Å². The smallest absolute Gasteiger partial charge is 0.319 e. The van der Waals surface area contributed by atoms with Gasteiger partial charge in [0.25, 0.3) is 0 Å². The van der Waals surface area contributed by atoms with Gasteiger partial charge in [0.05, 0.1) is 13.2 Å². The number of carbonyl (C=O) groups excluding carboxylic acids is 2. The summed E-state index contributed by atoms with van der Waals surface area (Å²) in [5, 5.41) is 5.64. The third-order valence-corrected chi connectivity index (χ3v) is 4.39. The predicted molar refractivity (Wildman–Crippen MR) is 100 cm³/mol. The maximum atomic E-state index is 12.2. The lowest BCUT2D eigenvalue weighted by Gasteiger charge is -2.17. The molecule has 1 unspecified atom stereocenters. The van der Waals surface area contributed by atoms with Crippen LogP contribution in [-0.4, -0.2) is 43.1 Å². The van der Waals surface area contributed by atoms with Gasteiger partial charge >= 0.3 is 6.03 Å². The molecule has 0 spiro atoms. The van der Waals surface area contributed by atoms with Crippen LogP contribution in [0.4, 0.5) is 10.5 Å². The van der Waals surface area contributed by atoms with Gasteiger partial charge < -0.3 is 20.3 Å². The first kappa shape index (κ1) is 17.8. The molecule has 1 aliphatic rings. The van der Waals surface area contributed by atoms with Crippen molar-refractivity contribution in [2.24, 2.45) is 0 Å². The van der Waals surface area contributed by atoms with Crippen molar-refractivity contribution in [1.29, 1.82) is 0 Å². The topological polar surface area (TPSA) is 70.7 Å². The van der Waals surface area contributed by atoms with Crippen molar-refractivity contribution >= 4 is 17.6 Å². The highest BCUT2D eigenvalue weighted by molar-refractivity contribution is 5.90. The van der Waals surface area contributed by atoms with Crippen LogP contribution in [0.2, 0.25) is 0 Å². The average Bonchev–Trinajstić information content (AvgIpc) is 3.00. The number of nitrogens with zero attached hydrogens (tertiary/aromatic N) is 1. The number of methoxy groups -OCH3 is 1. The van der Waals surface area contributed by atoms with E-state index in [4.69, 9.17) is 4.74 Å². The largest absolute Gasteiger partial charge is 0.497 e. The second-order valence-corrected chi connectivity index (χ2v) is 6.31. The number of rotatable bonds is 6. The summed E-state index contributed by atoms with van der Waals surface area (Å²) >= 11 is 0. The number of amides is 3. The molecule has 1 fully saturated rings. The lowest BCUT2D eigenvalue weighted by molar-refractivity contribution is -0.127. The highest BCUT2D eigenvalue weighted by atomic mass is 16.5. The van der Waals surface area contributed by atoms with Gasteiger partial charge in [-0.05, 0) is 24.1 Å². The van der Waals surface area contributed by atoms with Crippen LogP contribution in [0.15, 0.2) is 54.6 Å². The number of benzene rings is 2. The molecule has 0 aromatic heterocycles. The number of hydrogen-bond donors (Lipinski definition) is 2. The molecule has 0 aliphatic carbocycles. The normalized spacial score (nSPS) is 16.4. The summed E-state index contributed by atoms with van der Waals surface area (Å²) in [4.78, 5) is 26.1. The van der Waals surface area contributed by atoms with Gasteiger partial charge in [-0.2, -0.15) is 0 Å². The van der Waals surface area contributed by atoms with Crippen molar-refractivity contribution in [3.63, 3.8) is 0 Å². The summed E-state index contributed by atoms with van der Waals surface area (Å²) < 4.78 is 5.14. The van der Waals surface area contributed by atoms with Crippen LogP contribution in [0.1, 0.15) is 12.0 Å². The van der Waals surface area contributed by atoms with E-state index in [9.17, 15) is 9.59 Å². The molecule has 2 aromatic rings. The fraction of sp³-hybridized carbons (Fsp3) is 0.300. The molecule has 0 bridgehead atoms. The highest BCUT2D eigenvalue weighted by Crippen LogP contribution is 2.17. The zero-order valence-corrected chi connectivity index (χ0v) is 14.8. The summed E-state index contributed by atoms with van der Waals surface area (Å²) in [6.45, 7) is 1.20. The molecule has 1 atom stereocenters. The van der Waals surface area contributed by atoms with E-state index in [-0.39, 0.29) is 18.0 Å². The second-order valence-electron chi connectivity index (χ2n) is 6.31. The first-order valence-electron chi connectivity index (χ1n) is 8.67. The molecule has 1 saturated heterocycles. The molecule has 2 N–H and O–H groups in total. The van der Waals surface area contributed by atoms with E-state index in [1.54, 1.807) is 25.3 Å². The van der Waals surface area contributed by atoms with Crippen LogP contribution in [0.25, 0.3) is 0 Å². The Bertz CT molecular complexity index is 764. The predicted octanol–water partition coefficient (Wildman–Crippen LogP) is 2.66. The number of hydrogen-bond acceptors (Lipinski definition) is 3. The van der Waals surface area contributed by atoms with Gasteiger partial charge in [-0.1, -0.05) is 36.4 Å². The minimum Gasteiger partial charge on any atom is -0.497 e. The molecule has 136 valence electrons. The van der Waals surface area contributed by atoms with Gasteiger partial charge in [-0.25, -0.2) is 4.79 Å². The van der Waals surface area contributed by atoms with E-state index in [1.807, 2.05) is 29.2 Å². The number of nitrogens with one attached hydrogen (secondary N) is 2. The van der Waals surface area contributed by atoms with Gasteiger partial charge in [0, 0.05) is 31.3 Å². The first-order valence-corrected chi connectivity index (χ1v) is 8.67. The molecule has 3 rings (SSSR count). The minimum absolute atomic E-state index is 0.0765. The van der Waals surface area contributed by atoms with Gasteiger partial charge in [0.2, 0.25) is 5.91 Å². The van der Waals surface area contributed by atoms with Crippen molar-refractivity contribution in [3.8, 4) is 5.75 Å². The molecule has 6 nitrogen and oxygen atoms in total. The summed E-state index contributed by atoms with van der Waals surface area (Å²) in [6, 6.07) is 16.7. The van der Waals surface area contributed by atoms with Crippen molar-refractivity contribution in [1.82, 2.24) is 10.2 Å². The SMILES string of the molecule is COc1cccc(NC(=O)NC2CC(=O)N(CCc3ccccc3)C2)c1. The first-order chi connectivity index (χ1) is 12.6. The zero-order chi connectivity index (χ0) is 18.4. The van der Waals surface area contributed by atoms with E-state index >= 15 is 0 Å². The molecule has 1 heterocycles. The Balaban J connectivity index is 1.48. The van der Waals surface area contributed by atoms with Gasteiger partial charge in [0.15, 0.2) is 0 Å². The van der Waals surface area contributed by atoms with Crippen LogP contribution in [0, 0.1) is 0 Å². The molecular formula is C20H23N3O3. The van der Waals surface area contributed by atoms with Gasteiger partial charge in [0.1, 0.15) is 5.75 Å². The summed E-state index contributed by atoms with van der Waals surface area (Å²) in [5.74, 6) is 0.749. The van der Waals surface area contributed by atoms with Gasteiger partial charge in [-0.15, -0.1) is 0 Å². The van der Waals surface area contributed by atoms with E-state index in [2.05, 4.69) is 22.8 Å². The Morgan fingerprint density at radius 1 is 1.19 bits per heavy atom. The van der Waals surface area contributed by atoms with E-state index < -0.39 is 0 Å². The van der Waals surface area contributed by atoms with Gasteiger partial charge in [-0.3, -0.25) is 4.79 Å². The van der Waals surface area contributed by atoms with Crippen LogP contribution < -0.4 is 15.4 Å². The van der Waals surface area contributed by atoms with E-state index in [0.29, 0.717) is 30.9 Å². The number of ether oxygens (including phenoxy) is 1. The molecule has 1 aliphatic heterocycles. The minimum atomic E-state index is -0.319. The molecule has 0 radical (unpaired) electrons. The molecule has 3 amide bonds. The Labute approximate surface area is 153 Å². The van der Waals surface area contributed by atoms with E-state index in [0.717, 1.165) is 6.42 Å². The summed E-state index contributed by atoms with van der Waals surface area (Å²) in [6.07, 6.45) is 1.15. The molecular weight excluding hydrogens is 330 g/mol. The highest BCUT2D eigenvalue weighted by Gasteiger charge is 2.30. The molecule has 2 aromatic carbocycles. The summed E-state index contributed by atoms with van der Waals surface area (Å²) in [7, 11) is 1.58. The maximum absolute atomic E-state index is 12.2. The second kappa shape index (κ2) is 8.38. The standard InChI is InChI=1S/C20H23N3O3/c1-26-18-9-5-8-16(12-18)21-20(25)22-17-13-19(24)23(14-17)11-10-15-6-3-2-4-7-15/h2-9,12,17H,10-11,13-14H2,1H3,(H2,21,22,25). The lowest BCUT2D eigenvalue weighted by atomic mass is 10.1. The number of urea groups is 1. The third kappa shape index (κ3) is 4.75. The Morgan fingerprint density at radius 2 is 2.00 bits per heavy atom. The number of likely N-dealkylation sites (tertiary alicyclic amines) is 1. The van der Waals surface area contributed by atoms with Crippen molar-refractivity contribution in [3.05, 3.63) is 60.2 Å². The fourth-order valence-corrected chi connectivity index (χ4v) is 3.05. The number of carbonyl (C=O) groups is 2. The Hall–Kier alpha value is -3.02. The molecule has 0 saturated carbocycles. The van der Waals surface area contributed by atoms with E-state index in [1.165, 1.54) is 5.56 Å². The van der Waals surface area contributed by atoms with Crippen LogP contribution >= 0.6 is 0 Å². The number of anilines is 1. The maximum Gasteiger partial charge on any atom is 0.319 e. The van der Waals surface area contributed by atoms with Crippen LogP contribution in [0.3, 0.4) is 0 Å². The zero-order valence-electron chi connectivity index (χ0n) is 14.8. The van der Waals surface area contributed by atoms with Crippen molar-refractivity contribution < 1.29 is 14.3 Å². The van der Waals surface area contributed by atoms with Crippen LogP contribution in [0.5, 0.6) is 5.75 Å². The third-order valence-electron chi connectivity index (χ3n) is 4.39. The van der Waals surface area contributed by atoms with Crippen LogP contribution in [-0.2, 0) is 11.2 Å². The Morgan fingerprint density at radius 3 is 2.77 bits per heavy atom. The Kier molecular flexibility index (Phi) is 5.73.